The van der Waals surface area contributed by atoms with E-state index >= 15 is 0 Å². The van der Waals surface area contributed by atoms with Gasteiger partial charge in [0.15, 0.2) is 26.7 Å². The van der Waals surface area contributed by atoms with E-state index in [1.165, 1.54) is 0 Å². The van der Waals surface area contributed by atoms with Gasteiger partial charge in [-0.25, -0.2) is 0 Å². The predicted octanol–water partition coefficient (Wildman–Crippen LogP) is 11.6. The quantitative estimate of drug-likeness (QED) is 0.0297. The summed E-state index contributed by atoms with van der Waals surface area (Å²) < 4.78 is 52.4. The predicted molar refractivity (Wildman–Crippen MR) is 369 cm³/mol. The number of hydrogen-bond donors (Lipinski definition) is 6. The number of piperidine rings is 1. The van der Waals surface area contributed by atoms with Gasteiger partial charge in [-0.15, -0.1) is 6.58 Å². The summed E-state index contributed by atoms with van der Waals surface area (Å²) in [5.41, 5.74) is 1.96. The highest BCUT2D eigenvalue weighted by Gasteiger charge is 2.57. The zero-order valence-electron chi connectivity index (χ0n) is 59.1. The van der Waals surface area contributed by atoms with Crippen LogP contribution in [0.4, 0.5) is 0 Å². The average Bonchev–Trinajstić information content (AvgIpc) is 0.769. The second kappa shape index (κ2) is 35.0. The van der Waals surface area contributed by atoms with Crippen molar-refractivity contribution in [2.45, 2.75) is 294 Å². The van der Waals surface area contributed by atoms with Crippen molar-refractivity contribution in [2.24, 2.45) is 29.6 Å². The number of fused-ring (bicyclic) bond motifs is 3. The van der Waals surface area contributed by atoms with Crippen molar-refractivity contribution in [1.82, 2.24) is 4.90 Å². The van der Waals surface area contributed by atoms with Crippen molar-refractivity contribution in [3.63, 3.8) is 0 Å². The molecule has 2 aromatic rings. The Hall–Kier alpha value is -3.00. The van der Waals surface area contributed by atoms with Crippen LogP contribution in [0.25, 0.3) is 0 Å². The molecular weight excluding hydrogens is 1200 g/mol. The Kier molecular flexibility index (Phi) is 29.7. The molecule has 0 radical (unpaired) electrons. The van der Waals surface area contributed by atoms with Crippen molar-refractivity contribution in [2.75, 3.05) is 27.9 Å². The molecule has 16 nitrogen and oxygen atoms in total. The van der Waals surface area contributed by atoms with E-state index in [9.17, 15) is 35.4 Å². The van der Waals surface area contributed by atoms with E-state index in [1.807, 2.05) is 49.4 Å². The lowest BCUT2D eigenvalue weighted by Crippen LogP contribution is -2.67. The van der Waals surface area contributed by atoms with E-state index in [2.05, 4.69) is 118 Å². The lowest BCUT2D eigenvalue weighted by atomic mass is 9.81. The van der Waals surface area contributed by atoms with Gasteiger partial charge < -0.3 is 67.9 Å². The fourth-order valence-electron chi connectivity index (χ4n) is 15.0. The van der Waals surface area contributed by atoms with Crippen LogP contribution in [-0.4, -0.2) is 172 Å². The molecule has 2 bridgehead atoms. The fourth-order valence-corrected chi connectivity index (χ4v) is 20.8. The maximum Gasteiger partial charge on any atom is 0.323 e. The summed E-state index contributed by atoms with van der Waals surface area (Å²) in [6.07, 6.45) is 5.71. The van der Waals surface area contributed by atoms with Crippen molar-refractivity contribution < 1.29 is 72.7 Å². The van der Waals surface area contributed by atoms with Crippen molar-refractivity contribution in [1.29, 1.82) is 0 Å². The van der Waals surface area contributed by atoms with E-state index in [4.69, 9.17) is 37.3 Å². The summed E-state index contributed by atoms with van der Waals surface area (Å²) >= 11 is 0. The van der Waals surface area contributed by atoms with Crippen LogP contribution in [0.3, 0.4) is 0 Å². The minimum atomic E-state index is -2.99. The Labute approximate surface area is 556 Å². The summed E-state index contributed by atoms with van der Waals surface area (Å²) in [6.45, 7) is 32.1. The Morgan fingerprint density at radius 1 is 0.783 bits per heavy atom. The molecule has 0 aromatic heterocycles. The maximum absolute atomic E-state index is 13.8. The number of hydrogen-bond acceptors (Lipinski definition) is 16. The highest BCUT2D eigenvalue weighted by molar-refractivity contribution is 7.00. The number of rotatable bonds is 21. The third kappa shape index (κ3) is 19.9. The lowest BCUT2D eigenvalue weighted by molar-refractivity contribution is -0.370. The normalized spacial score (nSPS) is 34.3. The number of ether oxygens (including phenoxy) is 6. The van der Waals surface area contributed by atoms with Crippen LogP contribution in [0.15, 0.2) is 96.6 Å². The van der Waals surface area contributed by atoms with Gasteiger partial charge in [0.25, 0.3) is 5.97 Å². The van der Waals surface area contributed by atoms with E-state index in [0.29, 0.717) is 77.2 Å². The van der Waals surface area contributed by atoms with Gasteiger partial charge in [-0.2, -0.15) is 0 Å². The molecule has 2 aromatic carbocycles. The van der Waals surface area contributed by atoms with E-state index in [-0.39, 0.29) is 52.4 Å². The van der Waals surface area contributed by atoms with Crippen LogP contribution in [0.5, 0.6) is 0 Å². The smallest absolute Gasteiger partial charge is 0.323 e. The van der Waals surface area contributed by atoms with Gasteiger partial charge in [0.1, 0.15) is 18.4 Å². The number of carbonyl (C=O) groups excluding carboxylic acids is 1. The first-order valence-corrected chi connectivity index (χ1v) is 39.6. The Morgan fingerprint density at radius 2 is 1.39 bits per heavy atom. The van der Waals surface area contributed by atoms with Crippen molar-refractivity contribution in [3.05, 3.63) is 96.6 Å². The van der Waals surface area contributed by atoms with Crippen LogP contribution < -0.4 is 10.4 Å². The molecule has 0 spiro atoms. The van der Waals surface area contributed by atoms with Gasteiger partial charge in [-0.3, -0.25) is 9.69 Å². The first-order valence-electron chi connectivity index (χ1n) is 34.8. The molecule has 1 aliphatic carbocycles. The van der Waals surface area contributed by atoms with Crippen LogP contribution in [0.1, 0.15) is 185 Å². The summed E-state index contributed by atoms with van der Waals surface area (Å²) in [4.78, 5) is 15.4. The van der Waals surface area contributed by atoms with Gasteiger partial charge in [-0.05, 0) is 148 Å². The molecule has 3 fully saturated rings. The largest absolute Gasteiger partial charge is 0.510 e. The zero-order valence-corrected chi connectivity index (χ0v) is 61.1. The minimum absolute atomic E-state index is 0.0109. The van der Waals surface area contributed by atoms with Gasteiger partial charge in [-0.1, -0.05) is 166 Å². The molecule has 3 aliphatic heterocycles. The topological polar surface area (TPSA) is 216 Å². The molecule has 18 heteroatoms. The fraction of sp³-hybridized carbons (Fsp3) is 0.743. The summed E-state index contributed by atoms with van der Waals surface area (Å²) in [5, 5.41) is 75.6. The number of methoxy groups -OCH3 is 3. The van der Waals surface area contributed by atoms with Gasteiger partial charge in [0.05, 0.1) is 48.8 Å². The number of aliphatic hydroxyl groups is 6. The van der Waals surface area contributed by atoms with Gasteiger partial charge in [0, 0.05) is 52.0 Å². The van der Waals surface area contributed by atoms with E-state index in [1.54, 1.807) is 33.2 Å². The maximum atomic E-state index is 13.8. The first-order chi connectivity index (χ1) is 43.3. The second-order valence-corrected chi connectivity index (χ2v) is 39.4. The number of allylic oxidation sites excluding steroid dienone is 3. The van der Waals surface area contributed by atoms with Crippen LogP contribution in [0, 0.1) is 29.6 Å². The van der Waals surface area contributed by atoms with Gasteiger partial charge in [0.2, 0.25) is 0 Å². The molecule has 0 amide bonds. The van der Waals surface area contributed by atoms with Gasteiger partial charge >= 0.3 is 8.32 Å². The van der Waals surface area contributed by atoms with E-state index < -0.39 is 102 Å². The number of carbonyl (C=O) groups is 1. The number of benzene rings is 2. The summed E-state index contributed by atoms with van der Waals surface area (Å²) in [7, 11) is -0.650. The average molecular weight is 1320 g/mol. The zero-order chi connectivity index (χ0) is 67.9. The third-order valence-corrected chi connectivity index (χ3v) is 30.8. The molecule has 1 saturated carbocycles. The lowest BCUT2D eigenvalue weighted by Gasteiger charge is -2.52. The summed E-state index contributed by atoms with van der Waals surface area (Å²) in [6, 6.07) is 19.6. The highest BCUT2D eigenvalue weighted by Crippen LogP contribution is 2.44. The third-order valence-electron chi connectivity index (χ3n) is 21.4. The SMILES string of the molecule is C=CC[C@@H]1/C=C(\C)C[C@H](C)C[C@H](OC)C2O[C@](O)([C@H](C)C[C@@H]2OC)[C@H](O)[C@@H](O)N2CCCC[C@H]2[C@H](O)O[C@H](/C(C)=C/[C@@H]2CC[C@@H](O[C@H](O)CCCCCCC(=O)O[Si](c3ccccc3)(c3ccccc3)C(C)(C)C)[C@H](OC)C2)[C@H](C)[C@@H](O[Si](C)(C)C(C)(C)C)C[C@H]1O. The van der Waals surface area contributed by atoms with E-state index in [0.717, 1.165) is 53.6 Å². The molecule has 6 N–H and O–H groups in total. The second-order valence-electron chi connectivity index (χ2n) is 30.4. The minimum Gasteiger partial charge on any atom is -0.510 e. The summed E-state index contributed by atoms with van der Waals surface area (Å²) in [5.74, 6) is -3.68. The highest BCUT2D eigenvalue weighted by atomic mass is 28.4. The molecular formula is C74H123NO15Si2. The number of aliphatic hydroxyl groups excluding tert-OH is 5. The van der Waals surface area contributed by atoms with Crippen LogP contribution in [0.2, 0.25) is 23.2 Å². The molecule has 2 saturated heterocycles. The Balaban J connectivity index is 1.21. The molecule has 4 aliphatic rings. The Morgan fingerprint density at radius 3 is 1.98 bits per heavy atom. The standard InChI is InChI=1S/C74H123NO15Si2/c1-18-31-55-43-49(2)42-50(3)44-63(84-14)68-64(85-15)46-52(5)74(82,88-68)69(79)70(80)75-41-30-29-36-58(75)71(81)87-67(53(6)61(48-59(55)76)89-91(16,17)72(7,8)9)51(4)45-54-39-40-60(62(47-54)83-13)86-65(77)37-27-19-20-28-38-66(78)90-92(73(10,11)12,56-32-23-21-24-33-56)57-34-25-22-26-35-57/h18,21-26,32-35,43,45,50,52-55,58-65,67-71,76-77,79-82H,1,19-20,27-31,36-42,44,46-48H2,2-17H3/b49-43+,51-45+/t50-,52+,53+,54-,55+,58-,59+,60+,61-,62+,63-,64-,65-,67+,68?,69+,70+,71+,74+/m0/s1. The van der Waals surface area contributed by atoms with Crippen molar-refractivity contribution >= 4 is 33.0 Å². The Bertz CT molecular complexity index is 2560. The molecule has 522 valence electrons. The molecule has 92 heavy (non-hydrogen) atoms. The van der Waals surface area contributed by atoms with Crippen LogP contribution in [-0.2, 0) is 42.1 Å². The number of nitrogens with zero attached hydrogens (tertiary/aromatic N) is 1. The molecule has 1 unspecified atom stereocenters. The molecule has 3 heterocycles. The molecule has 6 rings (SSSR count). The molecule has 19 atom stereocenters. The monoisotopic (exact) mass is 1320 g/mol. The first kappa shape index (κ1) is 78.0. The van der Waals surface area contributed by atoms with Crippen LogP contribution >= 0.6 is 0 Å². The van der Waals surface area contributed by atoms with Crippen molar-refractivity contribution in [3.8, 4) is 0 Å². The number of unbranched alkanes of at least 4 members (excludes halogenated alkanes) is 3.